The van der Waals surface area contributed by atoms with E-state index in [-0.39, 0.29) is 11.6 Å². The lowest BCUT2D eigenvalue weighted by Crippen LogP contribution is -2.33. The molecule has 0 spiro atoms. The monoisotopic (exact) mass is 365 g/mol. The second-order valence-corrected chi connectivity index (χ2v) is 8.40. The van der Waals surface area contributed by atoms with Crippen LogP contribution in [0.5, 0.6) is 0 Å². The van der Waals surface area contributed by atoms with Crippen molar-refractivity contribution >= 4 is 39.6 Å². The Morgan fingerprint density at radius 2 is 2.17 bits per heavy atom. The number of fused-ring (bicyclic) bond motifs is 1. The first-order chi connectivity index (χ1) is 11.4. The number of carboxylic acids is 1. The van der Waals surface area contributed by atoms with Crippen molar-refractivity contribution in [3.63, 3.8) is 0 Å². The van der Waals surface area contributed by atoms with Crippen LogP contribution in [0.3, 0.4) is 0 Å². The van der Waals surface area contributed by atoms with Gasteiger partial charge in [-0.1, -0.05) is 6.07 Å². The van der Waals surface area contributed by atoms with Crippen molar-refractivity contribution in [2.75, 3.05) is 11.4 Å². The van der Waals surface area contributed by atoms with Crippen molar-refractivity contribution in [3.8, 4) is 10.6 Å². The summed E-state index contributed by atoms with van der Waals surface area (Å²) in [6, 6.07) is 5.90. The summed E-state index contributed by atoms with van der Waals surface area (Å²) < 4.78 is 0.307. The first-order valence-corrected chi connectivity index (χ1v) is 9.55. The Balaban J connectivity index is 2.15. The zero-order chi connectivity index (χ0) is 17.4. The molecule has 5 nitrogen and oxygen atoms in total. The Morgan fingerprint density at radius 1 is 1.42 bits per heavy atom. The van der Waals surface area contributed by atoms with Crippen molar-refractivity contribution < 1.29 is 14.7 Å². The lowest BCUT2D eigenvalue weighted by molar-refractivity contribution is -0.116. The molecule has 1 unspecified atom stereocenters. The van der Waals surface area contributed by atoms with Crippen molar-refractivity contribution in [1.29, 1.82) is 0 Å². The fraction of sp³-hybridized carbons (Fsp3) is 0.353. The number of hydrogen-bond donors (Lipinski definition) is 1. The van der Waals surface area contributed by atoms with Crippen LogP contribution in [0.4, 0.5) is 5.69 Å². The summed E-state index contributed by atoms with van der Waals surface area (Å²) in [4.78, 5) is 29.3. The van der Waals surface area contributed by atoms with Gasteiger partial charge in [0.05, 0.1) is 5.56 Å². The van der Waals surface area contributed by atoms with E-state index in [9.17, 15) is 14.7 Å². The first-order valence-electron chi connectivity index (χ1n) is 7.78. The standard InChI is InChI=1S/C17H17ClN2O3S/c1-3-24-15(18)14(17(22)23)19-16(24)12-7-6-11-5-4-8-20(10(2)21)13(11)9-12/h6-7,9H,3-5,8H2,1-2H3/p+1. The largest absolute Gasteiger partial charge is 0.476 e. The maximum atomic E-state index is 11.9. The number of hydrogen-bond acceptors (Lipinski definition) is 3. The second kappa shape index (κ2) is 6.53. The molecule has 24 heavy (non-hydrogen) atoms. The maximum Gasteiger partial charge on any atom is 0.361 e. The van der Waals surface area contributed by atoms with E-state index in [1.54, 1.807) is 11.8 Å². The maximum absolute atomic E-state index is 11.9. The van der Waals surface area contributed by atoms with E-state index in [1.165, 1.54) is 0 Å². The lowest BCUT2D eigenvalue weighted by Gasteiger charge is -2.28. The lowest BCUT2D eigenvalue weighted by atomic mass is 9.99. The molecule has 126 valence electrons. The van der Waals surface area contributed by atoms with E-state index >= 15 is 0 Å². The minimum atomic E-state index is -1.11. The molecule has 3 rings (SSSR count). The highest BCUT2D eigenvalue weighted by Gasteiger charge is 2.31. The summed E-state index contributed by atoms with van der Waals surface area (Å²) in [5.41, 5.74) is 2.79. The van der Waals surface area contributed by atoms with Gasteiger partial charge in [-0.05, 0) is 49.1 Å². The van der Waals surface area contributed by atoms with Crippen LogP contribution >= 0.6 is 22.1 Å². The molecule has 2 heterocycles. The van der Waals surface area contributed by atoms with Crippen molar-refractivity contribution in [2.45, 2.75) is 32.4 Å². The highest BCUT2D eigenvalue weighted by atomic mass is 35.5. The normalized spacial score (nSPS) is 14.5. The van der Waals surface area contributed by atoms with Crippen molar-refractivity contribution in [3.05, 3.63) is 33.8 Å². The molecule has 7 heteroatoms. The van der Waals surface area contributed by atoms with Gasteiger partial charge in [0.15, 0.2) is 0 Å². The number of amides is 1. The van der Waals surface area contributed by atoms with Crippen LogP contribution in [0.1, 0.15) is 36.3 Å². The van der Waals surface area contributed by atoms with E-state index in [0.29, 0.717) is 21.6 Å². The number of aryl methyl sites for hydroxylation is 1. The number of aromatic nitrogens is 1. The Labute approximate surface area is 147 Å². The van der Waals surface area contributed by atoms with E-state index in [2.05, 4.69) is 4.98 Å². The third-order valence-corrected chi connectivity index (χ3v) is 6.91. The summed E-state index contributed by atoms with van der Waals surface area (Å²) in [7, 11) is -0.530. The topological polar surface area (TPSA) is 70.5 Å². The Hall–Kier alpha value is -1.92. The Kier molecular flexibility index (Phi) is 4.60. The van der Waals surface area contributed by atoms with Crippen LogP contribution in [-0.4, -0.2) is 28.5 Å². The molecule has 2 aromatic rings. The number of halogens is 1. The number of nitrogens with zero attached hydrogens (tertiary/aromatic N) is 2. The predicted octanol–water partition coefficient (Wildman–Crippen LogP) is 4.17. The van der Waals surface area contributed by atoms with E-state index in [4.69, 9.17) is 11.6 Å². The van der Waals surface area contributed by atoms with Crippen LogP contribution in [0.15, 0.2) is 18.2 Å². The van der Waals surface area contributed by atoms with Crippen LogP contribution in [0, 0.1) is 0 Å². The molecule has 0 saturated heterocycles. The molecule has 0 bridgehead atoms. The summed E-state index contributed by atoms with van der Waals surface area (Å²) >= 11 is 6.24. The SMILES string of the molecule is CC[s+]1c(-c2ccc3c(c2)N(C(C)=O)CCC3)nc(C(=O)O)c1Cl. The van der Waals surface area contributed by atoms with Gasteiger partial charge in [0.1, 0.15) is 5.75 Å². The summed E-state index contributed by atoms with van der Waals surface area (Å²) in [5, 5.41) is 9.96. The molecule has 1 aromatic heterocycles. The molecule has 0 fully saturated rings. The van der Waals surface area contributed by atoms with Gasteiger partial charge in [0, 0.05) is 29.6 Å². The van der Waals surface area contributed by atoms with Crippen molar-refractivity contribution in [2.24, 2.45) is 0 Å². The van der Waals surface area contributed by atoms with Gasteiger partial charge in [0.2, 0.25) is 11.6 Å². The fourth-order valence-corrected chi connectivity index (χ4v) is 5.38. The molecule has 1 aliphatic rings. The van der Waals surface area contributed by atoms with Gasteiger partial charge in [0.25, 0.3) is 9.34 Å². The molecule has 0 saturated carbocycles. The van der Waals surface area contributed by atoms with Gasteiger partial charge >= 0.3 is 5.97 Å². The zero-order valence-corrected chi connectivity index (χ0v) is 15.1. The van der Waals surface area contributed by atoms with E-state index in [0.717, 1.165) is 29.7 Å². The Morgan fingerprint density at radius 3 is 2.79 bits per heavy atom. The highest BCUT2D eigenvalue weighted by molar-refractivity contribution is 7.36. The number of rotatable bonds is 3. The van der Waals surface area contributed by atoms with Crippen LogP contribution in [-0.2, 0) is 17.0 Å². The quantitative estimate of drug-likeness (QED) is 0.829. The molecule has 1 amide bonds. The van der Waals surface area contributed by atoms with Gasteiger partial charge in [-0.15, -0.1) is 0 Å². The van der Waals surface area contributed by atoms with Gasteiger partial charge in [-0.2, -0.15) is 4.98 Å². The number of aromatic carboxylic acids is 1. The zero-order valence-electron chi connectivity index (χ0n) is 13.5. The number of anilines is 1. The number of thiazole rings is 1. The molecule has 1 aromatic carbocycles. The average molecular weight is 366 g/mol. The van der Waals surface area contributed by atoms with Crippen LogP contribution in [0.2, 0.25) is 4.34 Å². The second-order valence-electron chi connectivity index (χ2n) is 5.64. The molecule has 1 atom stereocenters. The summed E-state index contributed by atoms with van der Waals surface area (Å²) in [6.45, 7) is 4.23. The molecule has 1 N–H and O–H groups in total. The fourth-order valence-electron chi connectivity index (χ4n) is 3.04. The average Bonchev–Trinajstić information content (AvgIpc) is 2.90. The number of carbonyl (C=O) groups is 2. The number of benzene rings is 1. The smallest absolute Gasteiger partial charge is 0.361 e. The summed E-state index contributed by atoms with van der Waals surface area (Å²) in [5.74, 6) is -0.398. The minimum absolute atomic E-state index is 0.0123. The third-order valence-electron chi connectivity index (χ3n) is 4.17. The van der Waals surface area contributed by atoms with Gasteiger partial charge in [-0.25, -0.2) is 4.79 Å². The van der Waals surface area contributed by atoms with E-state index in [1.807, 2.05) is 25.1 Å². The Bertz CT molecular complexity index is 831. The molecular formula is C17H18ClN2O3S+. The van der Waals surface area contributed by atoms with Crippen LogP contribution < -0.4 is 4.90 Å². The molecule has 0 radical (unpaired) electrons. The van der Waals surface area contributed by atoms with Gasteiger partial charge in [-0.3, -0.25) is 4.79 Å². The molecule has 0 aliphatic carbocycles. The number of carboxylic acid groups (broad SMARTS) is 1. The van der Waals surface area contributed by atoms with Crippen molar-refractivity contribution in [1.82, 2.24) is 4.98 Å². The molecule has 1 aliphatic heterocycles. The predicted molar refractivity (Wildman–Crippen MR) is 96.1 cm³/mol. The first kappa shape index (κ1) is 16.9. The minimum Gasteiger partial charge on any atom is -0.476 e. The van der Waals surface area contributed by atoms with Crippen LogP contribution in [0.25, 0.3) is 10.6 Å². The highest BCUT2D eigenvalue weighted by Crippen LogP contribution is 2.44. The van der Waals surface area contributed by atoms with E-state index < -0.39 is 16.4 Å². The number of carbonyl (C=O) groups excluding carboxylic acids is 1. The third kappa shape index (κ3) is 2.80. The molecular weight excluding hydrogens is 348 g/mol. The summed E-state index contributed by atoms with van der Waals surface area (Å²) in [6.07, 6.45) is 1.88. The van der Waals surface area contributed by atoms with Gasteiger partial charge < -0.3 is 10.0 Å².